The molecule has 4 rings (SSSR count). The SMILES string of the molecule is Cc1nn(C(C)C(=O)Nc2c(C(N)=O)sc3nc(C(F)F)cc(-c4ccco4)c23)c(C)c1Br. The second kappa shape index (κ2) is 8.67. The zero-order valence-corrected chi connectivity index (χ0v) is 20.1. The minimum absolute atomic E-state index is 0.00757. The highest BCUT2D eigenvalue weighted by molar-refractivity contribution is 9.10. The maximum Gasteiger partial charge on any atom is 0.280 e. The molecule has 0 aromatic carbocycles. The third kappa shape index (κ3) is 4.04. The molecule has 172 valence electrons. The van der Waals surface area contributed by atoms with Gasteiger partial charge in [0.2, 0.25) is 5.91 Å². The molecule has 0 saturated heterocycles. The highest BCUT2D eigenvalue weighted by Gasteiger charge is 2.28. The second-order valence-corrected chi connectivity index (χ2v) is 9.11. The summed E-state index contributed by atoms with van der Waals surface area (Å²) in [6, 6.07) is 3.63. The number of nitrogens with zero attached hydrogens (tertiary/aromatic N) is 3. The molecule has 0 aliphatic rings. The Balaban J connectivity index is 1.87. The first-order valence-electron chi connectivity index (χ1n) is 9.71. The van der Waals surface area contributed by atoms with Crippen molar-refractivity contribution in [2.45, 2.75) is 33.2 Å². The number of halogens is 3. The number of primary amides is 1. The molecule has 0 radical (unpaired) electrons. The van der Waals surface area contributed by atoms with E-state index < -0.39 is 30.0 Å². The summed E-state index contributed by atoms with van der Waals surface area (Å²) >= 11 is 4.27. The summed E-state index contributed by atoms with van der Waals surface area (Å²) in [6.07, 6.45) is -1.45. The van der Waals surface area contributed by atoms with E-state index in [0.717, 1.165) is 27.2 Å². The quantitative estimate of drug-likeness (QED) is 0.343. The molecule has 1 unspecified atom stereocenters. The van der Waals surface area contributed by atoms with Crippen LogP contribution in [-0.4, -0.2) is 26.6 Å². The summed E-state index contributed by atoms with van der Waals surface area (Å²) < 4.78 is 34.7. The first-order valence-corrected chi connectivity index (χ1v) is 11.3. The van der Waals surface area contributed by atoms with Crippen LogP contribution in [0.15, 0.2) is 33.4 Å². The number of fused-ring (bicyclic) bond motifs is 1. The molecule has 0 fully saturated rings. The summed E-state index contributed by atoms with van der Waals surface area (Å²) in [5, 5.41) is 7.42. The predicted molar refractivity (Wildman–Crippen MR) is 124 cm³/mol. The van der Waals surface area contributed by atoms with Crippen molar-refractivity contribution in [3.8, 4) is 11.3 Å². The number of aromatic nitrogens is 3. The van der Waals surface area contributed by atoms with Gasteiger partial charge in [0.25, 0.3) is 12.3 Å². The van der Waals surface area contributed by atoms with Crippen LogP contribution in [0.4, 0.5) is 14.5 Å². The minimum Gasteiger partial charge on any atom is -0.464 e. The van der Waals surface area contributed by atoms with E-state index in [1.165, 1.54) is 12.3 Å². The maximum atomic E-state index is 13.5. The fourth-order valence-electron chi connectivity index (χ4n) is 3.51. The summed E-state index contributed by atoms with van der Waals surface area (Å²) in [5.74, 6) is -1.01. The Kier molecular flexibility index (Phi) is 6.06. The molecule has 4 heterocycles. The third-order valence-corrected chi connectivity index (χ3v) is 7.39. The Labute approximate surface area is 198 Å². The molecular weight excluding hydrogens is 520 g/mol. The van der Waals surface area contributed by atoms with Gasteiger partial charge in [0.05, 0.1) is 27.8 Å². The lowest BCUT2D eigenvalue weighted by molar-refractivity contribution is -0.119. The van der Waals surface area contributed by atoms with E-state index in [1.54, 1.807) is 30.7 Å². The fraction of sp³-hybridized carbons (Fsp3) is 0.238. The monoisotopic (exact) mass is 537 g/mol. The van der Waals surface area contributed by atoms with Gasteiger partial charge in [-0.3, -0.25) is 14.3 Å². The molecule has 12 heteroatoms. The van der Waals surface area contributed by atoms with Gasteiger partial charge in [-0.2, -0.15) is 5.10 Å². The molecule has 0 bridgehead atoms. The molecule has 1 atom stereocenters. The van der Waals surface area contributed by atoms with Crippen molar-refractivity contribution >= 4 is 55.0 Å². The van der Waals surface area contributed by atoms with E-state index in [0.29, 0.717) is 5.39 Å². The van der Waals surface area contributed by atoms with Crippen LogP contribution in [0, 0.1) is 13.8 Å². The van der Waals surface area contributed by atoms with Gasteiger partial charge in [0.1, 0.15) is 27.2 Å². The molecule has 0 aliphatic heterocycles. The van der Waals surface area contributed by atoms with Crippen LogP contribution in [0.3, 0.4) is 0 Å². The number of furan rings is 1. The van der Waals surface area contributed by atoms with Crippen molar-refractivity contribution < 1.29 is 22.8 Å². The van der Waals surface area contributed by atoms with Crippen LogP contribution in [0.1, 0.15) is 46.1 Å². The van der Waals surface area contributed by atoms with Crippen molar-refractivity contribution in [3.63, 3.8) is 0 Å². The molecule has 0 aliphatic carbocycles. The van der Waals surface area contributed by atoms with Gasteiger partial charge >= 0.3 is 0 Å². The smallest absolute Gasteiger partial charge is 0.280 e. The van der Waals surface area contributed by atoms with E-state index in [4.69, 9.17) is 10.2 Å². The largest absolute Gasteiger partial charge is 0.464 e. The highest BCUT2D eigenvalue weighted by atomic mass is 79.9. The molecule has 0 spiro atoms. The first-order chi connectivity index (χ1) is 15.6. The first kappa shape index (κ1) is 23.1. The number of rotatable bonds is 6. The van der Waals surface area contributed by atoms with Crippen molar-refractivity contribution in [2.75, 3.05) is 5.32 Å². The second-order valence-electron chi connectivity index (χ2n) is 7.32. The summed E-state index contributed by atoms with van der Waals surface area (Å²) in [7, 11) is 0. The lowest BCUT2D eigenvalue weighted by atomic mass is 10.1. The standard InChI is InChI=1S/C21H18BrF2N5O3S/c1-8-15(22)9(2)29(28-8)10(3)20(31)27-16-14-11(13-5-4-6-32-13)7-12(18(23)24)26-21(14)33-17(16)19(25)30/h4-7,10,18H,1-3H3,(H2,25,30)(H,27,31). The summed E-state index contributed by atoms with van der Waals surface area (Å²) in [6.45, 7) is 5.27. The number of nitrogens with two attached hydrogens (primary N) is 1. The number of carbonyl (C=O) groups excluding carboxylic acids is 2. The van der Waals surface area contributed by atoms with Crippen LogP contribution in [0.2, 0.25) is 0 Å². The molecule has 8 nitrogen and oxygen atoms in total. The average Bonchev–Trinajstić information content (AvgIpc) is 3.48. The van der Waals surface area contributed by atoms with Gasteiger partial charge in [-0.15, -0.1) is 11.3 Å². The van der Waals surface area contributed by atoms with E-state index in [2.05, 4.69) is 31.3 Å². The number of nitrogens with one attached hydrogen (secondary N) is 1. The molecular formula is C21H18BrF2N5O3S. The van der Waals surface area contributed by atoms with Crippen LogP contribution in [-0.2, 0) is 4.79 Å². The number of pyridine rings is 1. The Morgan fingerprint density at radius 3 is 2.61 bits per heavy atom. The predicted octanol–water partition coefficient (Wildman–Crippen LogP) is 5.37. The number of thiophene rings is 1. The molecule has 4 aromatic rings. The third-order valence-electron chi connectivity index (χ3n) is 5.15. The minimum atomic E-state index is -2.84. The fourth-order valence-corrected chi connectivity index (χ4v) is 4.78. The van der Waals surface area contributed by atoms with Crippen molar-refractivity contribution in [1.82, 2.24) is 14.8 Å². The van der Waals surface area contributed by atoms with Crippen LogP contribution >= 0.6 is 27.3 Å². The van der Waals surface area contributed by atoms with E-state index in [-0.39, 0.29) is 26.7 Å². The molecule has 2 amide bonds. The van der Waals surface area contributed by atoms with Crippen LogP contribution in [0.25, 0.3) is 21.5 Å². The zero-order chi connectivity index (χ0) is 24.0. The lowest BCUT2D eigenvalue weighted by Crippen LogP contribution is -2.26. The highest BCUT2D eigenvalue weighted by Crippen LogP contribution is 2.42. The zero-order valence-electron chi connectivity index (χ0n) is 17.6. The van der Waals surface area contributed by atoms with Gasteiger partial charge in [-0.05, 0) is 54.9 Å². The van der Waals surface area contributed by atoms with Gasteiger partial charge in [-0.25, -0.2) is 13.8 Å². The summed E-state index contributed by atoms with van der Waals surface area (Å²) in [4.78, 5) is 29.5. The number of hydrogen-bond acceptors (Lipinski definition) is 6. The Bertz CT molecular complexity index is 1380. The molecule has 0 saturated carbocycles. The van der Waals surface area contributed by atoms with E-state index in [1.807, 2.05) is 6.92 Å². The van der Waals surface area contributed by atoms with Gasteiger partial charge in [-0.1, -0.05) is 0 Å². The van der Waals surface area contributed by atoms with E-state index >= 15 is 0 Å². The lowest BCUT2D eigenvalue weighted by Gasteiger charge is -2.15. The molecule has 33 heavy (non-hydrogen) atoms. The number of amides is 2. The number of hydrogen-bond donors (Lipinski definition) is 2. The van der Waals surface area contributed by atoms with Crippen molar-refractivity contribution in [3.05, 3.63) is 50.9 Å². The Morgan fingerprint density at radius 2 is 2.06 bits per heavy atom. The number of carbonyl (C=O) groups is 2. The number of anilines is 1. The van der Waals surface area contributed by atoms with E-state index in [9.17, 15) is 18.4 Å². The van der Waals surface area contributed by atoms with Crippen LogP contribution in [0.5, 0.6) is 0 Å². The van der Waals surface area contributed by atoms with Crippen molar-refractivity contribution in [1.29, 1.82) is 0 Å². The number of alkyl halides is 2. The van der Waals surface area contributed by atoms with Crippen molar-refractivity contribution in [2.24, 2.45) is 5.73 Å². The Hall–Kier alpha value is -3.12. The molecule has 4 aromatic heterocycles. The Morgan fingerprint density at radius 1 is 1.33 bits per heavy atom. The number of aryl methyl sites for hydroxylation is 1. The maximum absolute atomic E-state index is 13.5. The van der Waals surface area contributed by atoms with Gasteiger partial charge in [0.15, 0.2) is 0 Å². The molecule has 3 N–H and O–H groups in total. The average molecular weight is 538 g/mol. The van der Waals surface area contributed by atoms with Crippen LogP contribution < -0.4 is 11.1 Å². The summed E-state index contributed by atoms with van der Waals surface area (Å²) in [5.41, 5.74) is 6.90. The van der Waals surface area contributed by atoms with Gasteiger partial charge < -0.3 is 15.5 Å². The normalized spacial score (nSPS) is 12.5. The van der Waals surface area contributed by atoms with Gasteiger partial charge in [0, 0.05) is 10.9 Å². The topological polar surface area (TPSA) is 116 Å².